The predicted octanol–water partition coefficient (Wildman–Crippen LogP) is 2.69. The molecule has 2 aromatic heterocycles. The van der Waals surface area contributed by atoms with Crippen LogP contribution in [-0.2, 0) is 64.5 Å². The zero-order chi connectivity index (χ0) is 17.3. The van der Waals surface area contributed by atoms with Crippen LogP contribution in [-0.4, -0.2) is 32.4 Å². The molecule has 0 aromatic carbocycles. The number of nitrogens with zero attached hydrogens (tertiary/aromatic N) is 4. The molecule has 1 saturated heterocycles. The second-order valence-electron chi connectivity index (χ2n) is 5.33. The maximum Gasteiger partial charge on any atom is 0.296 e. The van der Waals surface area contributed by atoms with Crippen LogP contribution < -0.4 is 0 Å². The number of aryl methyl sites for hydroxylation is 2. The van der Waals surface area contributed by atoms with Crippen LogP contribution in [0.4, 0.5) is 0 Å². The van der Waals surface area contributed by atoms with E-state index in [1.54, 1.807) is 17.8 Å². The Morgan fingerprint density at radius 1 is 1.52 bits per heavy atom. The number of imidazole rings is 1. The second-order valence-corrected chi connectivity index (χ2v) is 7.21. The fraction of sp³-hybridized carbons (Fsp3) is 0.500. The first-order valence-corrected chi connectivity index (χ1v) is 8.91. The van der Waals surface area contributed by atoms with Gasteiger partial charge in [0.2, 0.25) is 0 Å². The van der Waals surface area contributed by atoms with E-state index in [1.165, 1.54) is 12.9 Å². The van der Waals surface area contributed by atoms with Crippen LogP contribution in [0.1, 0.15) is 20.9 Å². The number of aromatic nitrogens is 4. The maximum atomic E-state index is 12.4. The van der Waals surface area contributed by atoms with Gasteiger partial charge in [-0.3, -0.25) is 10.5 Å². The van der Waals surface area contributed by atoms with Crippen molar-refractivity contribution in [3.63, 3.8) is 0 Å². The van der Waals surface area contributed by atoms with E-state index in [4.69, 9.17) is 15.2 Å². The average molecular weight is 575 g/mol. The molecule has 0 spiro atoms. The van der Waals surface area contributed by atoms with Crippen molar-refractivity contribution in [1.29, 1.82) is 0 Å². The van der Waals surface area contributed by atoms with Crippen molar-refractivity contribution in [3.8, 4) is 0 Å². The molecule has 0 aliphatic carbocycles. The third-order valence-electron chi connectivity index (χ3n) is 3.56. The summed E-state index contributed by atoms with van der Waals surface area (Å²) in [6.07, 6.45) is 3.36. The summed E-state index contributed by atoms with van der Waals surface area (Å²) in [5, 5.41) is 0. The zero-order valence-corrected chi connectivity index (χ0v) is 19.3. The second kappa shape index (κ2) is 9.75. The Hall–Kier alpha value is -0.0673. The van der Waals surface area contributed by atoms with Gasteiger partial charge in [-0.2, -0.15) is 6.92 Å². The molecule has 0 saturated carbocycles. The quantitative estimate of drug-likeness (QED) is 0.401. The van der Waals surface area contributed by atoms with Crippen molar-refractivity contribution in [2.24, 2.45) is 5.92 Å². The van der Waals surface area contributed by atoms with Gasteiger partial charge in [0, 0.05) is 46.2 Å². The third kappa shape index (κ3) is 5.46. The standard InChI is InChI=1S/C14H19N4O4P.V.W/c1-10-6-21-23(19,22-12(10)3)9-20-5-4-18-8-17-13-11(2)15-7-16-14(13)18;;/h6-8,10H,4-5,9H2,1-3H3;;/q-2;;/t10?,23-;;/m1../s1/i5T;;/t5?,10?,23-;;. The first kappa shape index (κ1) is 21.2. The molecular formula is C14H19N4O4PVW-2. The fourth-order valence-corrected chi connectivity index (χ4v) is 3.49. The van der Waals surface area contributed by atoms with Crippen molar-refractivity contribution in [2.75, 3.05) is 12.9 Å². The molecule has 8 nitrogen and oxygen atoms in total. The van der Waals surface area contributed by atoms with Gasteiger partial charge < -0.3 is 18.4 Å². The van der Waals surface area contributed by atoms with Gasteiger partial charge in [0.25, 0.3) is 7.60 Å². The molecule has 1 fully saturated rings. The van der Waals surface area contributed by atoms with Gasteiger partial charge >= 0.3 is 0 Å². The minimum absolute atomic E-state index is 0. The van der Waals surface area contributed by atoms with Crippen LogP contribution >= 0.6 is 7.60 Å². The van der Waals surface area contributed by atoms with Gasteiger partial charge in [0.1, 0.15) is 18.2 Å². The summed E-state index contributed by atoms with van der Waals surface area (Å²) in [6, 6.07) is 0. The van der Waals surface area contributed by atoms with Crippen molar-refractivity contribution < 1.29 is 59.3 Å². The Morgan fingerprint density at radius 3 is 3.00 bits per heavy atom. The summed E-state index contributed by atoms with van der Waals surface area (Å²) in [5.74, 6) is -0.0286. The molecule has 0 bridgehead atoms. The van der Waals surface area contributed by atoms with Gasteiger partial charge in [-0.1, -0.05) is 0 Å². The van der Waals surface area contributed by atoms with Crippen molar-refractivity contribution in [3.05, 3.63) is 31.1 Å². The number of hydrogen-bond donors (Lipinski definition) is 0. The Labute approximate surface area is 174 Å². The molecule has 25 heavy (non-hydrogen) atoms. The summed E-state index contributed by atoms with van der Waals surface area (Å²) in [4.78, 5) is 12.5. The summed E-state index contributed by atoms with van der Waals surface area (Å²) < 4.78 is 38.0. The average Bonchev–Trinajstić information content (AvgIpc) is 2.94. The molecule has 3 atom stereocenters. The van der Waals surface area contributed by atoms with Gasteiger partial charge in [0.05, 0.1) is 20.0 Å². The van der Waals surface area contributed by atoms with Gasteiger partial charge in [0.15, 0.2) is 5.65 Å². The van der Waals surface area contributed by atoms with Crippen LogP contribution in [0.5, 0.6) is 0 Å². The van der Waals surface area contributed by atoms with Gasteiger partial charge in [-0.25, -0.2) is 27.7 Å². The van der Waals surface area contributed by atoms with E-state index in [-0.39, 0.29) is 58.4 Å². The van der Waals surface area contributed by atoms with E-state index in [2.05, 4.69) is 15.0 Å². The van der Waals surface area contributed by atoms with E-state index < -0.39 is 14.2 Å². The number of fused-ring (bicyclic) bond motifs is 1. The minimum atomic E-state index is -3.39. The zero-order valence-electron chi connectivity index (χ0n) is 15.0. The van der Waals surface area contributed by atoms with Gasteiger partial charge in [-0.15, -0.1) is 6.92 Å². The van der Waals surface area contributed by atoms with Crippen LogP contribution in [0, 0.1) is 25.6 Å². The van der Waals surface area contributed by atoms with Crippen molar-refractivity contribution >= 4 is 18.8 Å². The number of rotatable bonds is 5. The largest absolute Gasteiger partial charge is 0.488 e. The van der Waals surface area contributed by atoms with Crippen LogP contribution in [0.15, 0.2) is 12.7 Å². The van der Waals surface area contributed by atoms with Crippen LogP contribution in [0.3, 0.4) is 0 Å². The molecule has 2 aromatic rings. The van der Waals surface area contributed by atoms with Gasteiger partial charge in [-0.05, 0) is 6.92 Å². The summed E-state index contributed by atoms with van der Waals surface area (Å²) in [6.45, 7) is 6.17. The van der Waals surface area contributed by atoms with E-state index in [0.29, 0.717) is 17.3 Å². The SMILES string of the molecule is [3H]C(Cn1cnc2c(C)ncnc21)OC[P@@]1(=O)O[CH-]C(C)[C-](C)O1.[V].[W]. The van der Waals surface area contributed by atoms with E-state index >= 15 is 0 Å². The van der Waals surface area contributed by atoms with E-state index in [0.717, 1.165) is 5.69 Å². The molecule has 3 heterocycles. The maximum absolute atomic E-state index is 12.4. The molecule has 137 valence electrons. The Balaban J connectivity index is 0.00000169. The van der Waals surface area contributed by atoms with Crippen LogP contribution in [0.2, 0.25) is 0 Å². The Kier molecular flexibility index (Phi) is 8.28. The Morgan fingerprint density at radius 2 is 2.28 bits per heavy atom. The normalized spacial score (nSPS) is 25.7. The molecule has 1 aliphatic rings. The van der Waals surface area contributed by atoms with Crippen molar-refractivity contribution in [2.45, 2.75) is 27.3 Å². The number of ether oxygens (including phenoxy) is 1. The molecule has 0 N–H and O–H groups in total. The topological polar surface area (TPSA) is 88.4 Å². The summed E-state index contributed by atoms with van der Waals surface area (Å²) in [7, 11) is -3.39. The summed E-state index contributed by atoms with van der Waals surface area (Å²) in [5.41, 5.74) is 2.09. The van der Waals surface area contributed by atoms with E-state index in [1.807, 2.05) is 13.8 Å². The molecule has 11 heteroatoms. The van der Waals surface area contributed by atoms with Crippen LogP contribution in [0.25, 0.3) is 11.2 Å². The summed E-state index contributed by atoms with van der Waals surface area (Å²) >= 11 is 0. The molecule has 0 amide bonds. The molecule has 1 radical (unpaired) electrons. The first-order valence-electron chi connectivity index (χ1n) is 7.76. The molecule has 2 unspecified atom stereocenters. The third-order valence-corrected chi connectivity index (χ3v) is 5.03. The smallest absolute Gasteiger partial charge is 0.296 e. The monoisotopic (exact) mass is 575 g/mol. The van der Waals surface area contributed by atoms with Crippen molar-refractivity contribution in [1.82, 2.24) is 19.5 Å². The first-order chi connectivity index (χ1) is 11.4. The number of hydrogen-bond acceptors (Lipinski definition) is 7. The molecule has 3 rings (SSSR count). The van der Waals surface area contributed by atoms with E-state index in [9.17, 15) is 4.57 Å². The fourth-order valence-electron chi connectivity index (χ4n) is 2.07. The molecule has 1 aliphatic heterocycles. The Bertz CT molecular complexity index is 782. The predicted molar refractivity (Wildman–Crippen MR) is 83.0 cm³/mol. The molecular weight excluding hydrogens is 554 g/mol. The minimum Gasteiger partial charge on any atom is -0.488 e.